The standard InChI is InChI=1S/C26H31FN6O2/c1-3-22-24(18-5-7-23(28)29-15-18)25(31-16-30-22)17-4-6-20(21(27)14-17)26(34)32-19-8-10-33(11-9-19)12-13-35-2/h4-7,14-16,19H,3,8-13H2,1-2H3,(H2,28,29)(H,32,34). The Kier molecular flexibility index (Phi) is 7.99. The third-order valence-electron chi connectivity index (χ3n) is 6.36. The summed E-state index contributed by atoms with van der Waals surface area (Å²) in [5.74, 6) is -0.577. The van der Waals surface area contributed by atoms with Gasteiger partial charge in [0.15, 0.2) is 0 Å². The van der Waals surface area contributed by atoms with Gasteiger partial charge in [0.2, 0.25) is 0 Å². The molecule has 1 aromatic carbocycles. The van der Waals surface area contributed by atoms with E-state index in [-0.39, 0.29) is 11.6 Å². The van der Waals surface area contributed by atoms with E-state index in [2.05, 4.69) is 25.2 Å². The van der Waals surface area contributed by atoms with E-state index in [1.807, 2.05) is 13.0 Å². The van der Waals surface area contributed by atoms with Crippen LogP contribution in [-0.2, 0) is 11.2 Å². The first kappa shape index (κ1) is 24.7. The van der Waals surface area contributed by atoms with Crippen molar-refractivity contribution in [1.82, 2.24) is 25.2 Å². The van der Waals surface area contributed by atoms with Crippen molar-refractivity contribution >= 4 is 11.7 Å². The number of piperidine rings is 1. The lowest BCUT2D eigenvalue weighted by atomic mass is 9.96. The molecule has 3 aromatic rings. The molecule has 1 aliphatic rings. The van der Waals surface area contributed by atoms with E-state index in [1.165, 1.54) is 18.5 Å². The normalized spacial score (nSPS) is 14.7. The van der Waals surface area contributed by atoms with Crippen molar-refractivity contribution in [2.75, 3.05) is 39.1 Å². The SMILES string of the molecule is CCc1ncnc(-c2ccc(C(=O)NC3CCN(CCOC)CC3)c(F)c2)c1-c1ccc(N)nc1. The van der Waals surface area contributed by atoms with Gasteiger partial charge in [0, 0.05) is 55.7 Å². The maximum absolute atomic E-state index is 15.2. The molecule has 0 spiro atoms. The lowest BCUT2D eigenvalue weighted by Crippen LogP contribution is -2.45. The van der Waals surface area contributed by atoms with Gasteiger partial charge >= 0.3 is 0 Å². The second kappa shape index (κ2) is 11.3. The van der Waals surface area contributed by atoms with Gasteiger partial charge in [0.1, 0.15) is 18.0 Å². The van der Waals surface area contributed by atoms with Gasteiger partial charge < -0.3 is 20.7 Å². The van der Waals surface area contributed by atoms with Crippen molar-refractivity contribution in [3.8, 4) is 22.4 Å². The van der Waals surface area contributed by atoms with Crippen molar-refractivity contribution in [3.63, 3.8) is 0 Å². The summed E-state index contributed by atoms with van der Waals surface area (Å²) in [6.07, 6.45) is 5.46. The van der Waals surface area contributed by atoms with E-state index in [0.29, 0.717) is 30.1 Å². The Hall–Kier alpha value is -3.43. The smallest absolute Gasteiger partial charge is 0.254 e. The number of methoxy groups -OCH3 is 1. The first-order valence-corrected chi connectivity index (χ1v) is 11.9. The second-order valence-corrected chi connectivity index (χ2v) is 8.65. The van der Waals surface area contributed by atoms with Crippen LogP contribution in [0.25, 0.3) is 22.4 Å². The number of nitrogen functional groups attached to an aromatic ring is 1. The number of nitrogens with zero attached hydrogens (tertiary/aromatic N) is 4. The number of nitrogens with two attached hydrogens (primary N) is 1. The van der Waals surface area contributed by atoms with Gasteiger partial charge in [-0.2, -0.15) is 0 Å². The summed E-state index contributed by atoms with van der Waals surface area (Å²) < 4.78 is 20.3. The molecule has 0 bridgehead atoms. The number of ether oxygens (including phenoxy) is 1. The minimum Gasteiger partial charge on any atom is -0.384 e. The van der Waals surface area contributed by atoms with Crippen LogP contribution in [0.2, 0.25) is 0 Å². The van der Waals surface area contributed by atoms with Crippen LogP contribution < -0.4 is 11.1 Å². The molecule has 9 heteroatoms. The number of nitrogens with one attached hydrogen (secondary N) is 1. The molecule has 3 heterocycles. The molecule has 0 radical (unpaired) electrons. The Balaban J connectivity index is 1.53. The molecule has 1 fully saturated rings. The summed E-state index contributed by atoms with van der Waals surface area (Å²) in [6.45, 7) is 5.33. The van der Waals surface area contributed by atoms with Crippen molar-refractivity contribution < 1.29 is 13.9 Å². The molecule has 8 nitrogen and oxygen atoms in total. The molecule has 184 valence electrons. The molecule has 0 saturated carbocycles. The Morgan fingerprint density at radius 3 is 2.60 bits per heavy atom. The fourth-order valence-corrected chi connectivity index (χ4v) is 4.40. The number of halogens is 1. The highest BCUT2D eigenvalue weighted by Gasteiger charge is 2.23. The number of hydrogen-bond acceptors (Lipinski definition) is 7. The third kappa shape index (κ3) is 5.80. The zero-order valence-corrected chi connectivity index (χ0v) is 20.1. The molecule has 3 N–H and O–H groups in total. The number of likely N-dealkylation sites (tertiary alicyclic amines) is 1. The molecule has 4 rings (SSSR count). The van der Waals surface area contributed by atoms with Crippen LogP contribution in [0.1, 0.15) is 35.8 Å². The first-order chi connectivity index (χ1) is 17.0. The molecular formula is C26H31FN6O2. The van der Waals surface area contributed by atoms with Crippen LogP contribution in [0.5, 0.6) is 0 Å². The molecule has 0 aliphatic carbocycles. The molecule has 1 aliphatic heterocycles. The molecule has 1 saturated heterocycles. The van der Waals surface area contributed by atoms with Crippen molar-refractivity contribution in [3.05, 3.63) is 59.9 Å². The van der Waals surface area contributed by atoms with Crippen molar-refractivity contribution in [2.45, 2.75) is 32.2 Å². The van der Waals surface area contributed by atoms with Gasteiger partial charge in [0.05, 0.1) is 23.6 Å². The average molecular weight is 479 g/mol. The molecule has 35 heavy (non-hydrogen) atoms. The van der Waals surface area contributed by atoms with E-state index < -0.39 is 11.7 Å². The minimum atomic E-state index is -0.587. The van der Waals surface area contributed by atoms with Crippen LogP contribution in [0.3, 0.4) is 0 Å². The van der Waals surface area contributed by atoms with E-state index in [4.69, 9.17) is 10.5 Å². The second-order valence-electron chi connectivity index (χ2n) is 8.65. The minimum absolute atomic E-state index is 0.0241. The fraction of sp³-hybridized carbons (Fsp3) is 0.385. The van der Waals surface area contributed by atoms with Gasteiger partial charge in [-0.3, -0.25) is 4.79 Å². The van der Waals surface area contributed by atoms with E-state index in [0.717, 1.165) is 49.3 Å². The fourth-order valence-electron chi connectivity index (χ4n) is 4.40. The first-order valence-electron chi connectivity index (χ1n) is 11.9. The average Bonchev–Trinajstić information content (AvgIpc) is 2.88. The summed E-state index contributed by atoms with van der Waals surface area (Å²) in [6, 6.07) is 8.19. The van der Waals surface area contributed by atoms with Gasteiger partial charge in [-0.1, -0.05) is 13.0 Å². The van der Waals surface area contributed by atoms with Gasteiger partial charge in [-0.25, -0.2) is 19.3 Å². The monoisotopic (exact) mass is 478 g/mol. The third-order valence-corrected chi connectivity index (χ3v) is 6.36. The van der Waals surface area contributed by atoms with Crippen LogP contribution in [0, 0.1) is 5.82 Å². The number of carbonyl (C=O) groups excluding carboxylic acids is 1. The Bertz CT molecular complexity index is 1160. The summed E-state index contributed by atoms with van der Waals surface area (Å²) >= 11 is 0. The summed E-state index contributed by atoms with van der Waals surface area (Å²) in [5, 5.41) is 2.99. The highest BCUT2D eigenvalue weighted by atomic mass is 19.1. The van der Waals surface area contributed by atoms with Crippen LogP contribution in [0.4, 0.5) is 10.2 Å². The molecule has 0 unspecified atom stereocenters. The number of amides is 1. The van der Waals surface area contributed by atoms with E-state index in [9.17, 15) is 4.79 Å². The molecule has 0 atom stereocenters. The largest absolute Gasteiger partial charge is 0.384 e. The number of anilines is 1. The zero-order chi connectivity index (χ0) is 24.8. The topological polar surface area (TPSA) is 106 Å². The predicted octanol–water partition coefficient (Wildman–Crippen LogP) is 3.33. The van der Waals surface area contributed by atoms with Gasteiger partial charge in [-0.15, -0.1) is 0 Å². The van der Waals surface area contributed by atoms with Crippen molar-refractivity contribution in [2.24, 2.45) is 0 Å². The number of aryl methyl sites for hydroxylation is 1. The number of aromatic nitrogens is 3. The van der Waals surface area contributed by atoms with E-state index in [1.54, 1.807) is 25.4 Å². The highest BCUT2D eigenvalue weighted by Crippen LogP contribution is 2.33. The summed E-state index contributed by atoms with van der Waals surface area (Å²) in [5.41, 5.74) is 9.31. The van der Waals surface area contributed by atoms with Crippen molar-refractivity contribution in [1.29, 1.82) is 0 Å². The van der Waals surface area contributed by atoms with Crippen LogP contribution >= 0.6 is 0 Å². The molecule has 1 amide bonds. The predicted molar refractivity (Wildman–Crippen MR) is 133 cm³/mol. The van der Waals surface area contributed by atoms with Gasteiger partial charge in [0.25, 0.3) is 5.91 Å². The number of rotatable bonds is 8. The highest BCUT2D eigenvalue weighted by molar-refractivity contribution is 5.95. The Morgan fingerprint density at radius 1 is 1.17 bits per heavy atom. The zero-order valence-electron chi connectivity index (χ0n) is 20.1. The number of carbonyl (C=O) groups is 1. The molecule has 2 aromatic heterocycles. The van der Waals surface area contributed by atoms with Crippen LogP contribution in [-0.4, -0.2) is 65.2 Å². The number of pyridine rings is 1. The molecular weight excluding hydrogens is 447 g/mol. The number of hydrogen-bond donors (Lipinski definition) is 2. The lowest BCUT2D eigenvalue weighted by molar-refractivity contribution is 0.0889. The summed E-state index contributed by atoms with van der Waals surface area (Å²) in [4.78, 5) is 28.2. The summed E-state index contributed by atoms with van der Waals surface area (Å²) in [7, 11) is 1.69. The van der Waals surface area contributed by atoms with Gasteiger partial charge in [-0.05, 0) is 43.5 Å². The van der Waals surface area contributed by atoms with Crippen LogP contribution in [0.15, 0.2) is 42.9 Å². The maximum atomic E-state index is 15.2. The Labute approximate surface area is 204 Å². The maximum Gasteiger partial charge on any atom is 0.254 e. The lowest BCUT2D eigenvalue weighted by Gasteiger charge is -2.32. The quantitative estimate of drug-likeness (QED) is 0.511. The Morgan fingerprint density at radius 2 is 1.94 bits per heavy atom. The van der Waals surface area contributed by atoms with E-state index >= 15 is 4.39 Å². The number of benzene rings is 1.